The molecule has 14 nitrogen and oxygen atoms in total. The van der Waals surface area contributed by atoms with Gasteiger partial charge in [-0.15, -0.1) is 6.58 Å². The van der Waals surface area contributed by atoms with Gasteiger partial charge in [-0.05, 0) is 96.7 Å². The van der Waals surface area contributed by atoms with Crippen LogP contribution in [-0.2, 0) is 22.7 Å². The van der Waals surface area contributed by atoms with E-state index in [2.05, 4.69) is 23.6 Å². The highest BCUT2D eigenvalue weighted by molar-refractivity contribution is 6.03. The van der Waals surface area contributed by atoms with Gasteiger partial charge >= 0.3 is 6.09 Å². The third-order valence-electron chi connectivity index (χ3n) is 13.2. The molecule has 6 atom stereocenters. The van der Waals surface area contributed by atoms with Crippen molar-refractivity contribution in [2.24, 2.45) is 22.9 Å². The Balaban J connectivity index is 1.31. The number of nitrogens with zero attached hydrogens (tertiary/aromatic N) is 4. The molecule has 0 spiro atoms. The van der Waals surface area contributed by atoms with Crippen molar-refractivity contribution >= 4 is 17.5 Å². The average molecular weight is 919 g/mol. The standard InChI is InChI=1S/C52H59FN4O10/c1-2-29-64-52-48(56(34-36-14-16-39(53)17-15-36)51(60)66-41-20-18-40(19-21-41)57(61)62)33-46(54-65-35-37-10-4-3-5-11-37)44-31-38(12-6-8-27-58)43(13-7-9-28-59)49(50(44)52)45-32-42(22-23-47(45)67-52)63-30-26-55-24-25-55/h2-5,10-11,14-23,31-32,38,43,48-50,58-59H,1,6-9,12-13,24-30,33-35H2/t38-,43+,48-,49+,50+,52+/m0/s1. The number of aliphatic hydroxyl groups is 2. The first-order valence-corrected chi connectivity index (χ1v) is 23.3. The van der Waals surface area contributed by atoms with E-state index < -0.39 is 34.6 Å². The quantitative estimate of drug-likeness (QED) is 0.0240. The lowest BCUT2D eigenvalue weighted by Crippen LogP contribution is -2.70. The Morgan fingerprint density at radius 3 is 2.39 bits per heavy atom. The SMILES string of the molecule is C=CCO[C@@]12Oc3ccc(OCCN4CC4)cc3[C@H]3[C@H](CCCCO)[C@@H](CCCCO)C=C(C(=NOCc4ccccc4)C[C@@H]1N(Cc1ccc(F)cc1)C(=O)Oc1ccc([N+](=O)[O-])cc1)[C@H]32. The summed E-state index contributed by atoms with van der Waals surface area (Å²) in [4.78, 5) is 36.1. The van der Waals surface area contributed by atoms with Gasteiger partial charge in [-0.1, -0.05) is 72.6 Å². The van der Waals surface area contributed by atoms with Gasteiger partial charge in [0.1, 0.15) is 42.3 Å². The molecule has 2 aliphatic carbocycles. The summed E-state index contributed by atoms with van der Waals surface area (Å²) in [6.45, 7) is 7.71. The van der Waals surface area contributed by atoms with Gasteiger partial charge in [0.2, 0.25) is 5.79 Å². The molecule has 4 aliphatic rings. The number of hydrogen-bond acceptors (Lipinski definition) is 12. The van der Waals surface area contributed by atoms with E-state index in [9.17, 15) is 24.7 Å². The minimum Gasteiger partial charge on any atom is -0.492 e. The predicted octanol–water partition coefficient (Wildman–Crippen LogP) is 8.96. The van der Waals surface area contributed by atoms with Crippen molar-refractivity contribution in [3.63, 3.8) is 0 Å². The molecule has 2 fully saturated rings. The number of oxime groups is 1. The zero-order chi connectivity index (χ0) is 46.8. The average Bonchev–Trinajstić information content (AvgIpc) is 4.17. The summed E-state index contributed by atoms with van der Waals surface area (Å²) < 4.78 is 41.4. The number of carbonyl (C=O) groups is 1. The second kappa shape index (κ2) is 22.1. The van der Waals surface area contributed by atoms with Crippen LogP contribution in [-0.4, -0.2) is 94.6 Å². The second-order valence-corrected chi connectivity index (χ2v) is 17.6. The van der Waals surface area contributed by atoms with E-state index in [4.69, 9.17) is 28.9 Å². The number of benzene rings is 4. The van der Waals surface area contributed by atoms with Crippen LogP contribution in [0.2, 0.25) is 0 Å². The van der Waals surface area contributed by atoms with Gasteiger partial charge in [0.25, 0.3) is 5.69 Å². The number of amides is 1. The molecular formula is C52H59FN4O10. The van der Waals surface area contributed by atoms with E-state index >= 15 is 4.79 Å². The van der Waals surface area contributed by atoms with E-state index in [1.807, 2.05) is 42.5 Å². The first-order chi connectivity index (χ1) is 32.7. The van der Waals surface area contributed by atoms with Gasteiger partial charge in [0, 0.05) is 69.4 Å². The molecule has 2 aliphatic heterocycles. The first kappa shape index (κ1) is 47.4. The molecule has 0 aromatic heterocycles. The largest absolute Gasteiger partial charge is 0.492 e. The maximum Gasteiger partial charge on any atom is 0.416 e. The topological polar surface area (TPSA) is 165 Å². The van der Waals surface area contributed by atoms with Gasteiger partial charge < -0.3 is 34.0 Å². The summed E-state index contributed by atoms with van der Waals surface area (Å²) in [6, 6.07) is 25.7. The van der Waals surface area contributed by atoms with E-state index in [0.29, 0.717) is 42.2 Å². The Hall–Kier alpha value is -6.13. The van der Waals surface area contributed by atoms with Crippen molar-refractivity contribution in [1.82, 2.24) is 9.80 Å². The number of carbonyl (C=O) groups excluding carboxylic acids is 1. The molecule has 0 radical (unpaired) electrons. The summed E-state index contributed by atoms with van der Waals surface area (Å²) in [5, 5.41) is 36.4. The van der Waals surface area contributed by atoms with Gasteiger partial charge in [0.15, 0.2) is 0 Å². The Morgan fingerprint density at radius 2 is 1.69 bits per heavy atom. The summed E-state index contributed by atoms with van der Waals surface area (Å²) in [6.07, 6.45) is 7.47. The van der Waals surface area contributed by atoms with Crippen LogP contribution >= 0.6 is 0 Å². The fourth-order valence-electron chi connectivity index (χ4n) is 9.97. The molecule has 2 heterocycles. The number of fused-ring (bicyclic) bond motifs is 2. The smallest absolute Gasteiger partial charge is 0.416 e. The maximum atomic E-state index is 15.0. The number of ether oxygens (including phenoxy) is 4. The van der Waals surface area contributed by atoms with Crippen molar-refractivity contribution in [3.8, 4) is 17.2 Å². The lowest BCUT2D eigenvalue weighted by atomic mass is 9.55. The minimum atomic E-state index is -1.61. The molecule has 0 unspecified atom stereocenters. The zero-order valence-electron chi connectivity index (χ0n) is 37.6. The highest BCUT2D eigenvalue weighted by atomic mass is 19.1. The molecule has 4 aromatic carbocycles. The van der Waals surface area contributed by atoms with E-state index in [1.165, 1.54) is 41.3 Å². The van der Waals surface area contributed by atoms with Crippen LogP contribution < -0.4 is 14.2 Å². The molecule has 67 heavy (non-hydrogen) atoms. The fourth-order valence-corrected chi connectivity index (χ4v) is 9.97. The van der Waals surface area contributed by atoms with Crippen LogP contribution in [0.5, 0.6) is 17.2 Å². The number of allylic oxidation sites excluding steroid dienone is 1. The van der Waals surface area contributed by atoms with E-state index in [0.717, 1.165) is 62.0 Å². The van der Waals surface area contributed by atoms with Crippen molar-refractivity contribution in [3.05, 3.63) is 154 Å². The molecule has 8 rings (SSSR count). The van der Waals surface area contributed by atoms with Crippen LogP contribution in [0.4, 0.5) is 14.9 Å². The van der Waals surface area contributed by atoms with Crippen LogP contribution in [0.1, 0.15) is 67.6 Å². The number of rotatable bonds is 23. The Morgan fingerprint density at radius 1 is 0.955 bits per heavy atom. The number of aliphatic hydroxyl groups excluding tert-OH is 2. The van der Waals surface area contributed by atoms with Crippen molar-refractivity contribution < 1.29 is 48.1 Å². The lowest BCUT2D eigenvalue weighted by molar-refractivity contribution is -0.384. The van der Waals surface area contributed by atoms with Crippen LogP contribution in [0.25, 0.3) is 0 Å². The number of halogens is 1. The summed E-state index contributed by atoms with van der Waals surface area (Å²) in [5.41, 5.74) is 3.69. The Kier molecular flexibility index (Phi) is 15.6. The Bertz CT molecular complexity index is 2380. The first-order valence-electron chi connectivity index (χ1n) is 23.3. The van der Waals surface area contributed by atoms with Crippen LogP contribution in [0, 0.1) is 33.7 Å². The molecule has 0 bridgehead atoms. The number of hydrogen-bond donors (Lipinski definition) is 2. The van der Waals surface area contributed by atoms with Crippen molar-refractivity contribution in [1.29, 1.82) is 0 Å². The van der Waals surface area contributed by atoms with Crippen LogP contribution in [0.15, 0.2) is 127 Å². The van der Waals surface area contributed by atoms with Gasteiger partial charge in [-0.3, -0.25) is 19.9 Å². The molecule has 1 saturated heterocycles. The molecule has 354 valence electrons. The molecule has 4 aromatic rings. The second-order valence-electron chi connectivity index (χ2n) is 17.6. The molecule has 2 N–H and O–H groups in total. The van der Waals surface area contributed by atoms with Gasteiger partial charge in [0.05, 0.1) is 23.2 Å². The predicted molar refractivity (Wildman–Crippen MR) is 249 cm³/mol. The normalized spacial score (nSPS) is 23.2. The summed E-state index contributed by atoms with van der Waals surface area (Å²) in [7, 11) is 0. The molecular weight excluding hydrogens is 860 g/mol. The van der Waals surface area contributed by atoms with Crippen LogP contribution in [0.3, 0.4) is 0 Å². The summed E-state index contributed by atoms with van der Waals surface area (Å²) >= 11 is 0. The van der Waals surface area contributed by atoms with E-state index in [1.54, 1.807) is 18.2 Å². The zero-order valence-corrected chi connectivity index (χ0v) is 37.6. The third-order valence-corrected chi connectivity index (χ3v) is 13.2. The highest BCUT2D eigenvalue weighted by Crippen LogP contribution is 2.62. The minimum absolute atomic E-state index is 0.00934. The number of nitro benzene ring substituents is 1. The Labute approximate surface area is 390 Å². The van der Waals surface area contributed by atoms with Gasteiger partial charge in [-0.25, -0.2) is 9.18 Å². The number of nitro groups is 1. The van der Waals surface area contributed by atoms with Crippen molar-refractivity contribution in [2.75, 3.05) is 46.1 Å². The van der Waals surface area contributed by atoms with Gasteiger partial charge in [-0.2, -0.15) is 0 Å². The molecule has 1 amide bonds. The maximum absolute atomic E-state index is 15.0. The van der Waals surface area contributed by atoms with E-state index in [-0.39, 0.29) is 68.6 Å². The monoisotopic (exact) mass is 918 g/mol. The summed E-state index contributed by atoms with van der Waals surface area (Å²) in [5.74, 6) is -1.66. The van der Waals surface area contributed by atoms with Crippen molar-refractivity contribution in [2.45, 2.75) is 75.8 Å². The third kappa shape index (κ3) is 11.2. The molecule has 15 heteroatoms. The molecule has 1 saturated carbocycles. The highest BCUT2D eigenvalue weighted by Gasteiger charge is 2.65. The fraction of sp³-hybridized carbons (Fsp3) is 0.423. The number of non-ortho nitro benzene ring substituents is 1. The lowest BCUT2D eigenvalue weighted by Gasteiger charge is -2.59. The number of unbranched alkanes of at least 4 members (excludes halogenated alkanes) is 2.